The predicted octanol–water partition coefficient (Wildman–Crippen LogP) is 1.30. The van der Waals surface area contributed by atoms with Crippen LogP contribution in [0.4, 0.5) is 0 Å². The minimum absolute atomic E-state index is 0.0235. The molecule has 0 aromatic heterocycles. The third kappa shape index (κ3) is 9.42. The first kappa shape index (κ1) is 22.0. The lowest BCUT2D eigenvalue weighted by Gasteiger charge is -2.26. The third-order valence-electron chi connectivity index (χ3n) is 5.47. The molecule has 1 saturated carbocycles. The lowest BCUT2D eigenvalue weighted by atomic mass is 10.0. The van der Waals surface area contributed by atoms with Gasteiger partial charge in [0, 0.05) is 40.3 Å². The van der Waals surface area contributed by atoms with Gasteiger partial charge in [0.2, 0.25) is 5.91 Å². The van der Waals surface area contributed by atoms with Crippen molar-refractivity contribution in [2.24, 2.45) is 10.9 Å². The van der Waals surface area contributed by atoms with Crippen LogP contribution in [0.1, 0.15) is 44.9 Å². The summed E-state index contributed by atoms with van der Waals surface area (Å²) in [6.07, 6.45) is 9.14. The fourth-order valence-electron chi connectivity index (χ4n) is 3.69. The second kappa shape index (κ2) is 12.9. The van der Waals surface area contributed by atoms with Crippen LogP contribution >= 0.6 is 0 Å². The topological polar surface area (TPSA) is 69.2 Å². The van der Waals surface area contributed by atoms with E-state index in [1.807, 2.05) is 0 Å². The molecular weight excluding hydrogens is 342 g/mol. The number of ether oxygens (including phenoxy) is 1. The minimum Gasteiger partial charge on any atom is -0.379 e. The Hall–Kier alpha value is -1.34. The normalized spacial score (nSPS) is 19.3. The number of amides is 1. The van der Waals surface area contributed by atoms with E-state index in [1.165, 1.54) is 38.5 Å². The summed E-state index contributed by atoms with van der Waals surface area (Å²) < 4.78 is 5.39. The van der Waals surface area contributed by atoms with Gasteiger partial charge in [-0.05, 0) is 31.7 Å². The number of rotatable bonds is 10. The Labute approximate surface area is 164 Å². The molecule has 2 fully saturated rings. The Bertz CT molecular complexity index is 444. The first-order valence-corrected chi connectivity index (χ1v) is 10.7. The zero-order valence-electron chi connectivity index (χ0n) is 17.3. The van der Waals surface area contributed by atoms with Crippen molar-refractivity contribution in [3.8, 4) is 0 Å². The molecule has 0 atom stereocenters. The zero-order chi connectivity index (χ0) is 19.3. The monoisotopic (exact) mass is 381 g/mol. The molecule has 2 rings (SSSR count). The van der Waals surface area contributed by atoms with E-state index >= 15 is 0 Å². The number of nitrogens with zero attached hydrogens (tertiary/aromatic N) is 3. The van der Waals surface area contributed by atoms with Gasteiger partial charge in [-0.25, -0.2) is 4.99 Å². The number of hydrogen-bond donors (Lipinski definition) is 2. The van der Waals surface area contributed by atoms with Crippen molar-refractivity contribution in [1.82, 2.24) is 20.4 Å². The number of carbonyl (C=O) groups excluding carboxylic acids is 1. The van der Waals surface area contributed by atoms with Crippen molar-refractivity contribution >= 4 is 11.9 Å². The van der Waals surface area contributed by atoms with Crippen LogP contribution in [0.3, 0.4) is 0 Å². The summed E-state index contributed by atoms with van der Waals surface area (Å²) in [5, 5.41) is 6.80. The van der Waals surface area contributed by atoms with Crippen molar-refractivity contribution in [2.75, 3.05) is 66.6 Å². The average molecular weight is 382 g/mol. The molecule has 0 unspecified atom stereocenters. The summed E-state index contributed by atoms with van der Waals surface area (Å²) in [7, 11) is 3.53. The molecule has 7 heteroatoms. The van der Waals surface area contributed by atoms with Crippen LogP contribution in [0.5, 0.6) is 0 Å². The van der Waals surface area contributed by atoms with Gasteiger partial charge in [0.05, 0.1) is 13.2 Å². The second-order valence-corrected chi connectivity index (χ2v) is 7.91. The number of likely N-dealkylation sites (N-methyl/N-ethyl adjacent to an activating group) is 1. The summed E-state index contributed by atoms with van der Waals surface area (Å²) in [6, 6.07) is 0. The first-order valence-electron chi connectivity index (χ1n) is 10.7. The molecule has 27 heavy (non-hydrogen) atoms. The van der Waals surface area contributed by atoms with Crippen LogP contribution in [-0.4, -0.2) is 88.2 Å². The van der Waals surface area contributed by atoms with E-state index in [2.05, 4.69) is 20.5 Å². The lowest BCUT2D eigenvalue weighted by molar-refractivity contribution is -0.127. The van der Waals surface area contributed by atoms with Crippen molar-refractivity contribution in [2.45, 2.75) is 44.9 Å². The Morgan fingerprint density at radius 1 is 1.11 bits per heavy atom. The Balaban J connectivity index is 1.67. The largest absolute Gasteiger partial charge is 0.379 e. The fourth-order valence-corrected chi connectivity index (χ4v) is 3.69. The molecule has 1 aliphatic carbocycles. The van der Waals surface area contributed by atoms with Gasteiger partial charge in [-0.1, -0.05) is 25.7 Å². The van der Waals surface area contributed by atoms with Crippen molar-refractivity contribution in [3.05, 3.63) is 0 Å². The smallest absolute Gasteiger partial charge is 0.243 e. The van der Waals surface area contributed by atoms with Gasteiger partial charge in [-0.15, -0.1) is 0 Å². The van der Waals surface area contributed by atoms with Gasteiger partial charge in [-0.3, -0.25) is 9.69 Å². The van der Waals surface area contributed by atoms with E-state index in [-0.39, 0.29) is 12.5 Å². The molecule has 1 heterocycles. The standard InChI is InChI=1S/C20H39N5O2/c1-24(2)19(26)17-23-20(21-10-5-9-18-7-3-4-8-18)22-11-6-12-25-13-15-27-16-14-25/h18H,3-17H2,1-2H3,(H2,21,22,23). The van der Waals surface area contributed by atoms with Crippen LogP contribution in [0, 0.1) is 5.92 Å². The van der Waals surface area contributed by atoms with E-state index in [1.54, 1.807) is 19.0 Å². The number of hydrogen-bond acceptors (Lipinski definition) is 4. The fraction of sp³-hybridized carbons (Fsp3) is 0.900. The first-order chi connectivity index (χ1) is 13.1. The number of morpholine rings is 1. The van der Waals surface area contributed by atoms with E-state index in [0.717, 1.165) is 64.2 Å². The number of aliphatic imine (C=N–C) groups is 1. The summed E-state index contributed by atoms with van der Waals surface area (Å²) in [5.41, 5.74) is 0. The van der Waals surface area contributed by atoms with Crippen LogP contribution < -0.4 is 10.6 Å². The van der Waals surface area contributed by atoms with Crippen molar-refractivity contribution in [1.29, 1.82) is 0 Å². The molecule has 1 amide bonds. The van der Waals surface area contributed by atoms with E-state index in [0.29, 0.717) is 0 Å². The maximum atomic E-state index is 11.8. The van der Waals surface area contributed by atoms with Gasteiger partial charge < -0.3 is 20.3 Å². The van der Waals surface area contributed by atoms with Crippen molar-refractivity contribution < 1.29 is 9.53 Å². The van der Waals surface area contributed by atoms with Gasteiger partial charge in [0.25, 0.3) is 0 Å². The van der Waals surface area contributed by atoms with E-state index in [4.69, 9.17) is 4.74 Å². The molecule has 0 spiro atoms. The molecule has 2 aliphatic rings. The maximum Gasteiger partial charge on any atom is 0.243 e. The predicted molar refractivity (Wildman–Crippen MR) is 110 cm³/mol. The lowest BCUT2D eigenvalue weighted by Crippen LogP contribution is -2.41. The van der Waals surface area contributed by atoms with Gasteiger partial charge in [-0.2, -0.15) is 0 Å². The molecule has 156 valence electrons. The molecule has 0 aromatic rings. The van der Waals surface area contributed by atoms with Crippen LogP contribution in [-0.2, 0) is 9.53 Å². The van der Waals surface area contributed by atoms with E-state index in [9.17, 15) is 4.79 Å². The highest BCUT2D eigenvalue weighted by molar-refractivity contribution is 5.84. The van der Waals surface area contributed by atoms with Gasteiger partial charge in [0.15, 0.2) is 5.96 Å². The SMILES string of the molecule is CN(C)C(=O)CN=C(NCCCC1CCCC1)NCCCN1CCOCC1. The molecular formula is C20H39N5O2. The van der Waals surface area contributed by atoms with Crippen LogP contribution in [0.2, 0.25) is 0 Å². The quantitative estimate of drug-likeness (QED) is 0.339. The highest BCUT2D eigenvalue weighted by Crippen LogP contribution is 2.28. The minimum atomic E-state index is 0.0235. The van der Waals surface area contributed by atoms with Crippen LogP contribution in [0.15, 0.2) is 4.99 Å². The molecule has 0 aromatic carbocycles. The summed E-state index contributed by atoms with van der Waals surface area (Å²) in [4.78, 5) is 20.3. The summed E-state index contributed by atoms with van der Waals surface area (Å²) in [6.45, 7) is 6.78. The number of nitrogens with one attached hydrogen (secondary N) is 2. The highest BCUT2D eigenvalue weighted by Gasteiger charge is 2.14. The molecule has 0 bridgehead atoms. The Kier molecular flexibility index (Phi) is 10.5. The van der Waals surface area contributed by atoms with Crippen LogP contribution in [0.25, 0.3) is 0 Å². The molecule has 0 radical (unpaired) electrons. The molecule has 1 saturated heterocycles. The average Bonchev–Trinajstić information content (AvgIpc) is 3.19. The maximum absolute atomic E-state index is 11.8. The number of guanidine groups is 1. The third-order valence-corrected chi connectivity index (χ3v) is 5.47. The number of carbonyl (C=O) groups is 1. The Morgan fingerprint density at radius 3 is 2.44 bits per heavy atom. The second-order valence-electron chi connectivity index (χ2n) is 7.91. The molecule has 2 N–H and O–H groups in total. The zero-order valence-corrected chi connectivity index (χ0v) is 17.3. The van der Waals surface area contributed by atoms with Gasteiger partial charge >= 0.3 is 0 Å². The molecule has 7 nitrogen and oxygen atoms in total. The summed E-state index contributed by atoms with van der Waals surface area (Å²) >= 11 is 0. The van der Waals surface area contributed by atoms with Crippen molar-refractivity contribution in [3.63, 3.8) is 0 Å². The Morgan fingerprint density at radius 2 is 1.78 bits per heavy atom. The van der Waals surface area contributed by atoms with Gasteiger partial charge in [0.1, 0.15) is 6.54 Å². The van der Waals surface area contributed by atoms with E-state index < -0.39 is 0 Å². The molecule has 1 aliphatic heterocycles. The highest BCUT2D eigenvalue weighted by atomic mass is 16.5. The summed E-state index contributed by atoms with van der Waals surface area (Å²) in [5.74, 6) is 1.71.